The molecule has 2 N–H and O–H groups in total. The Hall–Kier alpha value is -2.83. The van der Waals surface area contributed by atoms with Crippen LogP contribution in [0.4, 0.5) is 10.6 Å². The van der Waals surface area contributed by atoms with E-state index in [-0.39, 0.29) is 11.6 Å². The second-order valence-corrected chi connectivity index (χ2v) is 6.17. The number of rotatable bonds is 5. The van der Waals surface area contributed by atoms with Crippen molar-refractivity contribution in [1.29, 1.82) is 0 Å². The van der Waals surface area contributed by atoms with Crippen LogP contribution in [-0.2, 0) is 6.61 Å². The molecule has 7 heteroatoms. The smallest absolute Gasteiger partial charge is 0.320 e. The highest BCUT2D eigenvalue weighted by atomic mass is 16.5. The van der Waals surface area contributed by atoms with Gasteiger partial charge in [0.15, 0.2) is 0 Å². The van der Waals surface area contributed by atoms with Gasteiger partial charge in [-0.2, -0.15) is 0 Å². The van der Waals surface area contributed by atoms with E-state index in [1.54, 1.807) is 13.2 Å². The van der Waals surface area contributed by atoms with Gasteiger partial charge in [-0.3, -0.25) is 5.32 Å². The fourth-order valence-corrected chi connectivity index (χ4v) is 1.95. The molecule has 2 rings (SSSR count). The van der Waals surface area contributed by atoms with E-state index in [2.05, 4.69) is 20.6 Å². The van der Waals surface area contributed by atoms with Crippen molar-refractivity contribution in [3.8, 4) is 11.6 Å². The van der Waals surface area contributed by atoms with E-state index in [0.29, 0.717) is 18.3 Å². The van der Waals surface area contributed by atoms with Gasteiger partial charge in [-0.25, -0.2) is 14.8 Å². The first kappa shape index (κ1) is 17.5. The zero-order chi connectivity index (χ0) is 17.6. The summed E-state index contributed by atoms with van der Waals surface area (Å²) in [4.78, 5) is 19.9. The van der Waals surface area contributed by atoms with Crippen LogP contribution in [0.25, 0.3) is 0 Å². The minimum Gasteiger partial charge on any atom is -0.496 e. The molecule has 0 unspecified atom stereocenters. The first-order valence-corrected chi connectivity index (χ1v) is 7.53. The highest BCUT2D eigenvalue weighted by Gasteiger charge is 2.14. The number of anilines is 1. The molecule has 0 fully saturated rings. The minimum atomic E-state index is -0.336. The summed E-state index contributed by atoms with van der Waals surface area (Å²) in [6.45, 7) is 5.99. The first-order chi connectivity index (χ1) is 11.4. The number of hydrogen-bond donors (Lipinski definition) is 2. The van der Waals surface area contributed by atoms with Crippen molar-refractivity contribution >= 4 is 11.8 Å². The monoisotopic (exact) mass is 330 g/mol. The molecule has 24 heavy (non-hydrogen) atoms. The molecule has 1 heterocycles. The van der Waals surface area contributed by atoms with Crippen LogP contribution in [0.3, 0.4) is 0 Å². The highest BCUT2D eigenvalue weighted by molar-refractivity contribution is 5.88. The van der Waals surface area contributed by atoms with E-state index in [4.69, 9.17) is 9.47 Å². The summed E-state index contributed by atoms with van der Waals surface area (Å²) in [7, 11) is 1.61. The maximum atomic E-state index is 11.9. The van der Waals surface area contributed by atoms with Crippen LogP contribution >= 0.6 is 0 Å². The molecule has 0 spiro atoms. The lowest BCUT2D eigenvalue weighted by atomic mass is 10.1. The van der Waals surface area contributed by atoms with Crippen molar-refractivity contribution in [3.63, 3.8) is 0 Å². The maximum absolute atomic E-state index is 11.9. The third kappa shape index (κ3) is 5.42. The average molecular weight is 330 g/mol. The Balaban J connectivity index is 1.99. The first-order valence-electron chi connectivity index (χ1n) is 7.53. The Labute approximate surface area is 141 Å². The number of nitrogens with zero attached hydrogens (tertiary/aromatic N) is 2. The number of aromatic nitrogens is 2. The number of para-hydroxylation sites is 1. The van der Waals surface area contributed by atoms with E-state index in [0.717, 1.165) is 11.3 Å². The predicted octanol–water partition coefficient (Wildman–Crippen LogP) is 2.98. The van der Waals surface area contributed by atoms with Gasteiger partial charge in [-0.05, 0) is 26.8 Å². The topological polar surface area (TPSA) is 85.4 Å². The molecule has 0 saturated heterocycles. The lowest BCUT2D eigenvalue weighted by molar-refractivity contribution is 0.243. The molecular weight excluding hydrogens is 308 g/mol. The molecule has 2 amide bonds. The van der Waals surface area contributed by atoms with Gasteiger partial charge in [0.25, 0.3) is 0 Å². The second kappa shape index (κ2) is 7.63. The van der Waals surface area contributed by atoms with Gasteiger partial charge in [-0.15, -0.1) is 0 Å². The number of amides is 2. The summed E-state index contributed by atoms with van der Waals surface area (Å²) in [6, 6.07) is 8.81. The lowest BCUT2D eigenvalue weighted by Gasteiger charge is -2.20. The maximum Gasteiger partial charge on any atom is 0.320 e. The normalized spacial score (nSPS) is 10.8. The SMILES string of the molecule is COc1ccccc1COc1cc(NC(=O)NC(C)(C)C)ncn1. The van der Waals surface area contributed by atoms with Gasteiger partial charge in [0.1, 0.15) is 24.5 Å². The zero-order valence-electron chi connectivity index (χ0n) is 14.3. The number of carbonyl (C=O) groups is 1. The third-order valence-electron chi connectivity index (χ3n) is 2.94. The van der Waals surface area contributed by atoms with Crippen molar-refractivity contribution in [3.05, 3.63) is 42.2 Å². The molecule has 0 aliphatic heterocycles. The average Bonchev–Trinajstić information content (AvgIpc) is 2.51. The van der Waals surface area contributed by atoms with Gasteiger partial charge in [0.2, 0.25) is 5.88 Å². The molecular formula is C17H22N4O3. The molecule has 7 nitrogen and oxygen atoms in total. The van der Waals surface area contributed by atoms with E-state index in [1.807, 2.05) is 45.0 Å². The number of urea groups is 1. The van der Waals surface area contributed by atoms with Crippen molar-refractivity contribution in [2.45, 2.75) is 32.9 Å². The number of ether oxygens (including phenoxy) is 2. The van der Waals surface area contributed by atoms with Crippen molar-refractivity contribution in [2.75, 3.05) is 12.4 Å². The molecule has 0 radical (unpaired) electrons. The molecule has 0 saturated carbocycles. The van der Waals surface area contributed by atoms with Gasteiger partial charge in [0, 0.05) is 17.2 Å². The van der Waals surface area contributed by atoms with Crippen LogP contribution in [0.5, 0.6) is 11.6 Å². The number of benzene rings is 1. The summed E-state index contributed by atoms with van der Waals surface area (Å²) in [6.07, 6.45) is 1.34. The Morgan fingerprint density at radius 2 is 1.96 bits per heavy atom. The fraction of sp³-hybridized carbons (Fsp3) is 0.353. The van der Waals surface area contributed by atoms with Crippen LogP contribution in [0.2, 0.25) is 0 Å². The van der Waals surface area contributed by atoms with E-state index in [9.17, 15) is 4.79 Å². The molecule has 1 aromatic heterocycles. The summed E-state index contributed by atoms with van der Waals surface area (Å²) in [5.74, 6) is 1.47. The Morgan fingerprint density at radius 3 is 2.67 bits per heavy atom. The molecule has 128 valence electrons. The summed E-state index contributed by atoms with van der Waals surface area (Å²) in [5.41, 5.74) is 0.568. The predicted molar refractivity (Wildman–Crippen MR) is 91.3 cm³/mol. The van der Waals surface area contributed by atoms with E-state index < -0.39 is 0 Å². The second-order valence-electron chi connectivity index (χ2n) is 6.17. The van der Waals surface area contributed by atoms with Crippen LogP contribution in [0, 0.1) is 0 Å². The third-order valence-corrected chi connectivity index (χ3v) is 2.94. The van der Waals surface area contributed by atoms with Crippen molar-refractivity contribution < 1.29 is 14.3 Å². The quantitative estimate of drug-likeness (QED) is 0.880. The van der Waals surface area contributed by atoms with Crippen LogP contribution in [-0.4, -0.2) is 28.6 Å². The molecule has 0 atom stereocenters. The lowest BCUT2D eigenvalue weighted by Crippen LogP contribution is -2.43. The molecule has 0 aliphatic rings. The largest absolute Gasteiger partial charge is 0.496 e. The molecule has 2 aromatic rings. The molecule has 0 aliphatic carbocycles. The number of carbonyl (C=O) groups excluding carboxylic acids is 1. The Bertz CT molecular complexity index is 698. The van der Waals surface area contributed by atoms with Crippen LogP contribution < -0.4 is 20.1 Å². The number of hydrogen-bond acceptors (Lipinski definition) is 5. The highest BCUT2D eigenvalue weighted by Crippen LogP contribution is 2.20. The number of nitrogens with one attached hydrogen (secondary N) is 2. The Morgan fingerprint density at radius 1 is 1.21 bits per heavy atom. The standard InChI is InChI=1S/C17H22N4O3/c1-17(2,3)21-16(22)20-14-9-15(19-11-18-14)24-10-12-7-5-6-8-13(12)23-4/h5-9,11H,10H2,1-4H3,(H2,18,19,20,21,22). The van der Waals surface area contributed by atoms with Gasteiger partial charge in [0.05, 0.1) is 7.11 Å². The zero-order valence-corrected chi connectivity index (χ0v) is 14.3. The fourth-order valence-electron chi connectivity index (χ4n) is 1.95. The molecule has 1 aromatic carbocycles. The van der Waals surface area contributed by atoms with Gasteiger partial charge >= 0.3 is 6.03 Å². The van der Waals surface area contributed by atoms with Crippen molar-refractivity contribution in [2.24, 2.45) is 0 Å². The Kier molecular flexibility index (Phi) is 5.57. The van der Waals surface area contributed by atoms with Gasteiger partial charge in [-0.1, -0.05) is 18.2 Å². The van der Waals surface area contributed by atoms with E-state index >= 15 is 0 Å². The number of methoxy groups -OCH3 is 1. The van der Waals surface area contributed by atoms with Crippen LogP contribution in [0.15, 0.2) is 36.7 Å². The van der Waals surface area contributed by atoms with Gasteiger partial charge < -0.3 is 14.8 Å². The van der Waals surface area contributed by atoms with Crippen LogP contribution in [0.1, 0.15) is 26.3 Å². The summed E-state index contributed by atoms with van der Waals surface area (Å²) < 4.78 is 10.9. The van der Waals surface area contributed by atoms with E-state index in [1.165, 1.54) is 6.33 Å². The summed E-state index contributed by atoms with van der Waals surface area (Å²) >= 11 is 0. The van der Waals surface area contributed by atoms with Crippen molar-refractivity contribution in [1.82, 2.24) is 15.3 Å². The summed E-state index contributed by atoms with van der Waals surface area (Å²) in [5, 5.41) is 5.45. The minimum absolute atomic E-state index is 0.300. The molecule has 0 bridgehead atoms.